The van der Waals surface area contributed by atoms with Crippen molar-refractivity contribution in [3.63, 3.8) is 0 Å². The standard InChI is InChI=1S/C17H10BrNO/c18-17-14(8-4-10-19-17)13-7-3-6-12-11-5-1-2-9-15(11)20-16(12)13/h1-10H. The van der Waals surface area contributed by atoms with Crippen LogP contribution in [0.25, 0.3) is 33.1 Å². The molecule has 0 atom stereocenters. The summed E-state index contributed by atoms with van der Waals surface area (Å²) in [4.78, 5) is 4.29. The molecule has 96 valence electrons. The fraction of sp³-hybridized carbons (Fsp3) is 0. The van der Waals surface area contributed by atoms with Gasteiger partial charge in [0.15, 0.2) is 0 Å². The lowest BCUT2D eigenvalue weighted by Crippen LogP contribution is -1.83. The minimum absolute atomic E-state index is 0.827. The van der Waals surface area contributed by atoms with Crippen LogP contribution in [0, 0.1) is 0 Å². The molecule has 3 heteroatoms. The van der Waals surface area contributed by atoms with Gasteiger partial charge in [-0.15, -0.1) is 0 Å². The number of hydrogen-bond donors (Lipinski definition) is 0. The van der Waals surface area contributed by atoms with Crippen LogP contribution in [-0.2, 0) is 0 Å². The van der Waals surface area contributed by atoms with E-state index in [2.05, 4.69) is 45.2 Å². The summed E-state index contributed by atoms with van der Waals surface area (Å²) in [6.45, 7) is 0. The molecule has 0 unspecified atom stereocenters. The number of halogens is 1. The normalized spacial score (nSPS) is 11.2. The summed E-state index contributed by atoms with van der Waals surface area (Å²) >= 11 is 3.51. The Morgan fingerprint density at radius 3 is 2.50 bits per heavy atom. The molecule has 2 heterocycles. The Hall–Kier alpha value is -2.13. The molecule has 0 spiro atoms. The van der Waals surface area contributed by atoms with E-state index in [9.17, 15) is 0 Å². The van der Waals surface area contributed by atoms with Crippen molar-refractivity contribution in [2.75, 3.05) is 0 Å². The predicted octanol–water partition coefficient (Wildman–Crippen LogP) is 5.41. The van der Waals surface area contributed by atoms with Gasteiger partial charge in [0.2, 0.25) is 0 Å². The summed E-state index contributed by atoms with van der Waals surface area (Å²) in [6, 6.07) is 18.3. The minimum atomic E-state index is 0.827. The highest BCUT2D eigenvalue weighted by Gasteiger charge is 2.13. The second-order valence-electron chi connectivity index (χ2n) is 4.62. The van der Waals surface area contributed by atoms with Crippen LogP contribution < -0.4 is 0 Å². The average Bonchev–Trinajstić information content (AvgIpc) is 2.86. The molecule has 0 bridgehead atoms. The second kappa shape index (κ2) is 4.46. The summed E-state index contributed by atoms with van der Waals surface area (Å²) in [7, 11) is 0. The number of nitrogens with zero attached hydrogens (tertiary/aromatic N) is 1. The van der Waals surface area contributed by atoms with E-state index in [1.54, 1.807) is 6.20 Å². The highest BCUT2D eigenvalue weighted by atomic mass is 79.9. The van der Waals surface area contributed by atoms with Crippen molar-refractivity contribution in [2.24, 2.45) is 0 Å². The van der Waals surface area contributed by atoms with Crippen molar-refractivity contribution in [3.8, 4) is 11.1 Å². The topological polar surface area (TPSA) is 26.0 Å². The van der Waals surface area contributed by atoms with E-state index in [4.69, 9.17) is 4.42 Å². The van der Waals surface area contributed by atoms with Crippen molar-refractivity contribution in [2.45, 2.75) is 0 Å². The van der Waals surface area contributed by atoms with Crippen LogP contribution in [0.15, 0.2) is 69.8 Å². The molecule has 0 fully saturated rings. The fourth-order valence-electron chi connectivity index (χ4n) is 2.55. The molecule has 0 N–H and O–H groups in total. The monoisotopic (exact) mass is 323 g/mol. The lowest BCUT2D eigenvalue weighted by Gasteiger charge is -2.04. The van der Waals surface area contributed by atoms with Gasteiger partial charge in [0.25, 0.3) is 0 Å². The second-order valence-corrected chi connectivity index (χ2v) is 5.37. The smallest absolute Gasteiger partial charge is 0.143 e. The largest absolute Gasteiger partial charge is 0.455 e. The first-order chi connectivity index (χ1) is 9.84. The molecule has 0 aliphatic carbocycles. The Bertz CT molecular complexity index is 926. The molecule has 0 aliphatic heterocycles. The maximum atomic E-state index is 6.04. The molecule has 2 aromatic carbocycles. The molecule has 20 heavy (non-hydrogen) atoms. The molecule has 0 aliphatic rings. The van der Waals surface area contributed by atoms with Crippen molar-refractivity contribution in [3.05, 3.63) is 65.4 Å². The first-order valence-corrected chi connectivity index (χ1v) is 7.15. The fourth-order valence-corrected chi connectivity index (χ4v) is 3.01. The van der Waals surface area contributed by atoms with E-state index in [1.807, 2.05) is 30.3 Å². The van der Waals surface area contributed by atoms with E-state index in [1.165, 1.54) is 0 Å². The molecule has 0 amide bonds. The number of furan rings is 1. The number of fused-ring (bicyclic) bond motifs is 3. The van der Waals surface area contributed by atoms with E-state index >= 15 is 0 Å². The van der Waals surface area contributed by atoms with Gasteiger partial charge >= 0.3 is 0 Å². The minimum Gasteiger partial charge on any atom is -0.455 e. The summed E-state index contributed by atoms with van der Waals surface area (Å²) in [5.74, 6) is 0. The van der Waals surface area contributed by atoms with Gasteiger partial charge in [0.1, 0.15) is 15.8 Å². The maximum absolute atomic E-state index is 6.04. The number of pyridine rings is 1. The van der Waals surface area contributed by atoms with Gasteiger partial charge in [-0.1, -0.05) is 36.4 Å². The van der Waals surface area contributed by atoms with Crippen molar-refractivity contribution in [1.29, 1.82) is 0 Å². The lowest BCUT2D eigenvalue weighted by atomic mass is 10.0. The third-order valence-corrected chi connectivity index (χ3v) is 4.09. The zero-order valence-electron chi connectivity index (χ0n) is 10.5. The Labute approximate surface area is 124 Å². The molecular weight excluding hydrogens is 314 g/mol. The van der Waals surface area contributed by atoms with E-state index in [-0.39, 0.29) is 0 Å². The van der Waals surface area contributed by atoms with Crippen molar-refractivity contribution in [1.82, 2.24) is 4.98 Å². The first kappa shape index (κ1) is 11.7. The zero-order chi connectivity index (χ0) is 13.5. The Balaban J connectivity index is 2.13. The number of aromatic nitrogens is 1. The van der Waals surface area contributed by atoms with Crippen LogP contribution in [0.4, 0.5) is 0 Å². The van der Waals surface area contributed by atoms with Gasteiger partial charge in [0, 0.05) is 28.1 Å². The lowest BCUT2D eigenvalue weighted by molar-refractivity contribution is 0.670. The Kier molecular flexibility index (Phi) is 2.60. The van der Waals surface area contributed by atoms with Gasteiger partial charge in [-0.05, 0) is 34.1 Å². The van der Waals surface area contributed by atoms with Gasteiger partial charge in [-0.2, -0.15) is 0 Å². The van der Waals surface area contributed by atoms with Crippen molar-refractivity contribution < 1.29 is 4.42 Å². The van der Waals surface area contributed by atoms with E-state index < -0.39 is 0 Å². The summed E-state index contributed by atoms with van der Waals surface area (Å²) in [5.41, 5.74) is 3.91. The van der Waals surface area contributed by atoms with Crippen LogP contribution in [0.1, 0.15) is 0 Å². The molecule has 0 saturated heterocycles. The molecule has 4 rings (SSSR count). The SMILES string of the molecule is Brc1ncccc1-c1cccc2c1oc1ccccc12. The van der Waals surface area contributed by atoms with Gasteiger partial charge in [0.05, 0.1) is 0 Å². The number of hydrogen-bond acceptors (Lipinski definition) is 2. The van der Waals surface area contributed by atoms with Crippen molar-refractivity contribution >= 4 is 37.9 Å². The first-order valence-electron chi connectivity index (χ1n) is 6.36. The number of para-hydroxylation sites is 2. The highest BCUT2D eigenvalue weighted by Crippen LogP contribution is 2.37. The van der Waals surface area contributed by atoms with Gasteiger partial charge in [-0.25, -0.2) is 4.98 Å². The van der Waals surface area contributed by atoms with Crippen LogP contribution in [0.5, 0.6) is 0 Å². The van der Waals surface area contributed by atoms with Gasteiger partial charge in [-0.3, -0.25) is 0 Å². The summed E-state index contributed by atoms with van der Waals surface area (Å²) in [5, 5.41) is 2.28. The Morgan fingerprint density at radius 1 is 0.800 bits per heavy atom. The number of benzene rings is 2. The highest BCUT2D eigenvalue weighted by molar-refractivity contribution is 9.10. The summed E-state index contributed by atoms with van der Waals surface area (Å²) < 4.78 is 6.87. The average molecular weight is 324 g/mol. The quantitative estimate of drug-likeness (QED) is 0.438. The van der Waals surface area contributed by atoms with Crippen LogP contribution in [0.2, 0.25) is 0 Å². The molecule has 0 saturated carbocycles. The number of rotatable bonds is 1. The molecule has 2 nitrogen and oxygen atoms in total. The van der Waals surface area contributed by atoms with Gasteiger partial charge < -0.3 is 4.42 Å². The molecular formula is C17H10BrNO. The molecule has 0 radical (unpaired) electrons. The Morgan fingerprint density at radius 2 is 1.60 bits per heavy atom. The van der Waals surface area contributed by atoms with E-state index in [0.717, 1.165) is 37.7 Å². The predicted molar refractivity (Wildman–Crippen MR) is 84.7 cm³/mol. The van der Waals surface area contributed by atoms with Crippen LogP contribution in [-0.4, -0.2) is 4.98 Å². The third-order valence-electron chi connectivity index (χ3n) is 3.45. The molecule has 4 aromatic rings. The summed E-state index contributed by atoms with van der Waals surface area (Å²) in [6.07, 6.45) is 1.77. The third kappa shape index (κ3) is 1.67. The zero-order valence-corrected chi connectivity index (χ0v) is 12.1. The van der Waals surface area contributed by atoms with Crippen LogP contribution in [0.3, 0.4) is 0 Å². The maximum Gasteiger partial charge on any atom is 0.143 e. The van der Waals surface area contributed by atoms with E-state index in [0.29, 0.717) is 0 Å². The van der Waals surface area contributed by atoms with Crippen LogP contribution >= 0.6 is 15.9 Å². The molecule has 2 aromatic heterocycles.